The first-order valence-electron chi connectivity index (χ1n) is 9.95. The number of fused-ring (bicyclic) bond motifs is 2. The minimum atomic E-state index is -0.461. The largest absolute Gasteiger partial charge is 0.358 e. The molecule has 162 valence electrons. The Morgan fingerprint density at radius 2 is 1.97 bits per heavy atom. The van der Waals surface area contributed by atoms with Crippen LogP contribution in [0.2, 0.25) is 0 Å². The van der Waals surface area contributed by atoms with Crippen LogP contribution in [-0.4, -0.2) is 51.2 Å². The molecule has 0 saturated carbocycles. The molecule has 0 aliphatic heterocycles. The quantitative estimate of drug-likeness (QED) is 0.387. The van der Waals surface area contributed by atoms with E-state index >= 15 is 0 Å². The zero-order valence-electron chi connectivity index (χ0n) is 17.8. The third-order valence-corrected chi connectivity index (χ3v) is 4.92. The Bertz CT molecular complexity index is 1440. The molecular weight excluding hydrogens is 412 g/mol. The van der Waals surface area contributed by atoms with E-state index in [0.29, 0.717) is 45.3 Å². The van der Waals surface area contributed by atoms with Crippen LogP contribution in [0, 0.1) is 0 Å². The summed E-state index contributed by atoms with van der Waals surface area (Å²) < 4.78 is 5.45. The van der Waals surface area contributed by atoms with Gasteiger partial charge in [0, 0.05) is 11.5 Å². The number of hydrogen-bond acceptors (Lipinski definition) is 9. The third-order valence-electron chi connectivity index (χ3n) is 4.92. The number of nitrogens with zero attached hydrogens (tertiary/aromatic N) is 7. The molecule has 0 saturated heterocycles. The Hall–Kier alpha value is -4.22. The molecule has 0 bridgehead atoms. The van der Waals surface area contributed by atoms with Crippen molar-refractivity contribution in [1.29, 1.82) is 0 Å². The van der Waals surface area contributed by atoms with Crippen LogP contribution in [0.1, 0.15) is 55.8 Å². The molecular formula is C20H20N10O2. The van der Waals surface area contributed by atoms with Crippen LogP contribution < -0.4 is 5.32 Å². The number of hydrogen-bond donors (Lipinski definition) is 3. The van der Waals surface area contributed by atoms with Crippen LogP contribution in [0.5, 0.6) is 0 Å². The second kappa shape index (κ2) is 7.18. The van der Waals surface area contributed by atoms with E-state index in [1.807, 2.05) is 20.8 Å². The molecule has 0 fully saturated rings. The Morgan fingerprint density at radius 1 is 1.12 bits per heavy atom. The molecule has 12 heteroatoms. The van der Waals surface area contributed by atoms with E-state index < -0.39 is 6.04 Å². The zero-order valence-corrected chi connectivity index (χ0v) is 17.8. The van der Waals surface area contributed by atoms with Crippen molar-refractivity contribution in [2.24, 2.45) is 0 Å². The van der Waals surface area contributed by atoms with Crippen molar-refractivity contribution >= 4 is 28.1 Å². The maximum Gasteiger partial charge on any atom is 0.271 e. The van der Waals surface area contributed by atoms with Crippen molar-refractivity contribution in [3.63, 3.8) is 0 Å². The lowest BCUT2D eigenvalue weighted by atomic mass is 9.96. The van der Waals surface area contributed by atoms with E-state index in [0.717, 1.165) is 0 Å². The molecule has 32 heavy (non-hydrogen) atoms. The lowest BCUT2D eigenvalue weighted by Gasteiger charge is -2.15. The molecule has 1 amide bonds. The second-order valence-corrected chi connectivity index (χ2v) is 8.43. The Morgan fingerprint density at radius 3 is 2.78 bits per heavy atom. The van der Waals surface area contributed by atoms with Gasteiger partial charge in [0.2, 0.25) is 0 Å². The molecule has 1 atom stereocenters. The van der Waals surface area contributed by atoms with Crippen molar-refractivity contribution < 1.29 is 9.32 Å². The Kier molecular flexibility index (Phi) is 4.43. The van der Waals surface area contributed by atoms with Crippen LogP contribution in [0.4, 0.5) is 0 Å². The summed E-state index contributed by atoms with van der Waals surface area (Å²) in [6, 6.07) is 1.26. The highest BCUT2D eigenvalue weighted by Gasteiger charge is 2.22. The predicted octanol–water partition coefficient (Wildman–Crippen LogP) is 2.46. The summed E-state index contributed by atoms with van der Waals surface area (Å²) in [4.78, 5) is 37.4. The summed E-state index contributed by atoms with van der Waals surface area (Å²) in [5, 5.41) is 14.1. The summed E-state index contributed by atoms with van der Waals surface area (Å²) in [5.41, 5.74) is 2.28. The molecule has 3 N–H and O–H groups in total. The summed E-state index contributed by atoms with van der Waals surface area (Å²) in [5.74, 6) is 1.31. The van der Waals surface area contributed by atoms with Gasteiger partial charge in [-0.1, -0.05) is 25.9 Å². The maximum absolute atomic E-state index is 12.7. The molecule has 0 unspecified atom stereocenters. The molecule has 5 aromatic rings. The Labute approximate surface area is 181 Å². The van der Waals surface area contributed by atoms with Gasteiger partial charge in [-0.25, -0.2) is 24.9 Å². The van der Waals surface area contributed by atoms with Crippen molar-refractivity contribution in [2.45, 2.75) is 39.2 Å². The topological polar surface area (TPSA) is 164 Å². The van der Waals surface area contributed by atoms with Crippen LogP contribution >= 0.6 is 0 Å². The average Bonchev–Trinajstić information content (AvgIpc) is 3.50. The number of carbonyl (C=O) groups excluding carboxylic acids is 1. The number of carbonyl (C=O) groups is 1. The molecule has 5 rings (SSSR count). The van der Waals surface area contributed by atoms with Crippen LogP contribution in [0.25, 0.3) is 33.7 Å². The fraction of sp³-hybridized carbons (Fsp3) is 0.300. The van der Waals surface area contributed by atoms with E-state index in [-0.39, 0.29) is 17.0 Å². The van der Waals surface area contributed by atoms with E-state index in [1.54, 1.807) is 19.2 Å². The van der Waals surface area contributed by atoms with Gasteiger partial charge in [-0.3, -0.25) is 9.89 Å². The number of nitrogens with one attached hydrogen (secondary N) is 3. The minimum absolute atomic E-state index is 0.181. The summed E-state index contributed by atoms with van der Waals surface area (Å²) in [6.45, 7) is 7.92. The first kappa shape index (κ1) is 19.7. The fourth-order valence-electron chi connectivity index (χ4n) is 3.18. The highest BCUT2D eigenvalue weighted by atomic mass is 16.5. The van der Waals surface area contributed by atoms with Gasteiger partial charge in [-0.05, 0) is 6.92 Å². The van der Waals surface area contributed by atoms with Gasteiger partial charge >= 0.3 is 0 Å². The van der Waals surface area contributed by atoms with Gasteiger partial charge < -0.3 is 14.8 Å². The van der Waals surface area contributed by atoms with Gasteiger partial charge in [0.1, 0.15) is 29.1 Å². The van der Waals surface area contributed by atoms with Gasteiger partial charge in [0.15, 0.2) is 22.9 Å². The van der Waals surface area contributed by atoms with Crippen LogP contribution in [-0.2, 0) is 5.41 Å². The number of aromatic amines is 2. The molecule has 5 heterocycles. The van der Waals surface area contributed by atoms with E-state index in [4.69, 9.17) is 4.52 Å². The summed E-state index contributed by atoms with van der Waals surface area (Å²) in [7, 11) is 0. The average molecular weight is 432 g/mol. The monoisotopic (exact) mass is 432 g/mol. The number of rotatable bonds is 4. The van der Waals surface area contributed by atoms with Crippen LogP contribution in [0.3, 0.4) is 0 Å². The van der Waals surface area contributed by atoms with E-state index in [9.17, 15) is 4.79 Å². The molecule has 0 aromatic carbocycles. The smallest absolute Gasteiger partial charge is 0.271 e. The number of aromatic nitrogens is 9. The van der Waals surface area contributed by atoms with Crippen molar-refractivity contribution in [3.05, 3.63) is 42.1 Å². The Balaban J connectivity index is 1.37. The first-order valence-corrected chi connectivity index (χ1v) is 9.95. The fourth-order valence-corrected chi connectivity index (χ4v) is 3.18. The second-order valence-electron chi connectivity index (χ2n) is 8.43. The van der Waals surface area contributed by atoms with Crippen molar-refractivity contribution in [2.75, 3.05) is 0 Å². The minimum Gasteiger partial charge on any atom is -0.358 e. The number of H-pyrrole nitrogens is 2. The highest BCUT2D eigenvalue weighted by molar-refractivity contribution is 6.03. The zero-order chi connectivity index (χ0) is 22.5. The van der Waals surface area contributed by atoms with Crippen molar-refractivity contribution in [1.82, 2.24) is 50.6 Å². The molecule has 0 spiro atoms. The summed E-state index contributed by atoms with van der Waals surface area (Å²) in [6.07, 6.45) is 4.50. The molecule has 0 aliphatic carbocycles. The SMILES string of the molecule is C[C@@H](NC(=O)c1ncnc2[nH]ncc12)c1cc(-c2nc3cnc(C(C)(C)C)nc3[nH]2)no1. The van der Waals surface area contributed by atoms with Gasteiger partial charge in [0.05, 0.1) is 23.8 Å². The lowest BCUT2D eigenvalue weighted by Crippen LogP contribution is -2.27. The molecule has 5 aromatic heterocycles. The van der Waals surface area contributed by atoms with Gasteiger partial charge in [-0.15, -0.1) is 0 Å². The maximum atomic E-state index is 12.7. The molecule has 12 nitrogen and oxygen atoms in total. The standard InChI is InChI=1S/C20H20N10O2/c1-9(25-18(31)14-10-6-24-29-15(10)23-8-22-14)13-5-11(30-32-13)16-26-12-7-21-19(20(2,3)4)28-17(12)27-16/h5-9H,1-4H3,(H,25,31)(H,21,26,27,28)(H,22,23,24,29)/t9-/m1/s1. The van der Waals surface area contributed by atoms with E-state index in [2.05, 4.69) is 50.6 Å². The first-order chi connectivity index (χ1) is 15.3. The number of amides is 1. The normalized spacial score (nSPS) is 13.0. The van der Waals surface area contributed by atoms with E-state index in [1.165, 1.54) is 12.5 Å². The number of imidazole rings is 1. The van der Waals surface area contributed by atoms with Crippen LogP contribution in [0.15, 0.2) is 29.3 Å². The van der Waals surface area contributed by atoms with Crippen molar-refractivity contribution in [3.8, 4) is 11.5 Å². The predicted molar refractivity (Wildman–Crippen MR) is 113 cm³/mol. The van der Waals surface area contributed by atoms with Gasteiger partial charge in [0.25, 0.3) is 5.91 Å². The summed E-state index contributed by atoms with van der Waals surface area (Å²) >= 11 is 0. The molecule has 0 aliphatic rings. The highest BCUT2D eigenvalue weighted by Crippen LogP contribution is 2.24. The van der Waals surface area contributed by atoms with Gasteiger partial charge in [-0.2, -0.15) is 5.10 Å². The third kappa shape index (κ3) is 3.45. The molecule has 0 radical (unpaired) electrons. The lowest BCUT2D eigenvalue weighted by molar-refractivity contribution is 0.0930.